The Hall–Kier alpha value is -1.39. The van der Waals surface area contributed by atoms with Crippen molar-refractivity contribution in [3.63, 3.8) is 0 Å². The lowest BCUT2D eigenvalue weighted by Gasteiger charge is -2.30. The molecule has 0 N–H and O–H groups in total. The van der Waals surface area contributed by atoms with E-state index >= 15 is 0 Å². The van der Waals surface area contributed by atoms with Crippen molar-refractivity contribution >= 4 is 5.78 Å². The molecule has 1 heterocycles. The predicted octanol–water partition coefficient (Wildman–Crippen LogP) is 6.32. The van der Waals surface area contributed by atoms with Crippen molar-refractivity contribution in [2.24, 2.45) is 0 Å². The standard InChI is InChI=1S/C24H38O4/c1-3-4-5-6-7-8-9-10-11-24-27-19-18-22(28-24)16-17-23(25)20-12-14-21(26-2)15-13-20/h12-15,22,24H,3-11,16-19H2,1-2H3. The first kappa shape index (κ1) is 22.9. The molecule has 4 heteroatoms. The molecule has 4 nitrogen and oxygen atoms in total. The molecule has 0 bridgehead atoms. The van der Waals surface area contributed by atoms with Crippen LogP contribution in [0.1, 0.15) is 94.3 Å². The van der Waals surface area contributed by atoms with Crippen molar-refractivity contribution in [3.8, 4) is 5.75 Å². The number of hydrogen-bond acceptors (Lipinski definition) is 4. The fourth-order valence-electron chi connectivity index (χ4n) is 3.67. The van der Waals surface area contributed by atoms with Crippen molar-refractivity contribution in [1.82, 2.24) is 0 Å². The Balaban J connectivity index is 1.58. The van der Waals surface area contributed by atoms with Crippen LogP contribution in [0.3, 0.4) is 0 Å². The Kier molecular flexibility index (Phi) is 11.2. The molecule has 0 saturated carbocycles. The van der Waals surface area contributed by atoms with Crippen molar-refractivity contribution in [2.45, 2.75) is 96.4 Å². The Labute approximate surface area is 170 Å². The number of hydrogen-bond donors (Lipinski definition) is 0. The van der Waals surface area contributed by atoms with Gasteiger partial charge in [-0.1, -0.05) is 51.9 Å². The lowest BCUT2D eigenvalue weighted by atomic mass is 10.0. The second-order valence-electron chi connectivity index (χ2n) is 7.80. The molecule has 1 fully saturated rings. The number of methoxy groups -OCH3 is 1. The SMILES string of the molecule is CCCCCCCCCCC1OCCC(CCC(=O)c2ccc(OC)cc2)O1. The van der Waals surface area contributed by atoms with Crippen LogP contribution in [0.15, 0.2) is 24.3 Å². The Bertz CT molecular complexity index is 540. The van der Waals surface area contributed by atoms with E-state index in [4.69, 9.17) is 14.2 Å². The third-order valence-corrected chi connectivity index (χ3v) is 5.49. The summed E-state index contributed by atoms with van der Waals surface area (Å²) in [5, 5.41) is 0. The Morgan fingerprint density at radius 3 is 2.36 bits per heavy atom. The van der Waals surface area contributed by atoms with E-state index in [1.165, 1.54) is 44.9 Å². The van der Waals surface area contributed by atoms with Crippen LogP contribution in [0.4, 0.5) is 0 Å². The lowest BCUT2D eigenvalue weighted by Crippen LogP contribution is -2.32. The quantitative estimate of drug-likeness (QED) is 0.275. The highest BCUT2D eigenvalue weighted by Gasteiger charge is 2.23. The van der Waals surface area contributed by atoms with Gasteiger partial charge < -0.3 is 14.2 Å². The highest BCUT2D eigenvalue weighted by Crippen LogP contribution is 2.22. The van der Waals surface area contributed by atoms with E-state index in [-0.39, 0.29) is 18.2 Å². The molecule has 0 radical (unpaired) electrons. The van der Waals surface area contributed by atoms with E-state index in [2.05, 4.69) is 6.92 Å². The molecule has 1 aromatic rings. The zero-order valence-electron chi connectivity index (χ0n) is 17.8. The van der Waals surface area contributed by atoms with Crippen LogP contribution in [-0.4, -0.2) is 31.9 Å². The van der Waals surface area contributed by atoms with E-state index in [1.807, 2.05) is 24.3 Å². The second-order valence-corrected chi connectivity index (χ2v) is 7.80. The third-order valence-electron chi connectivity index (χ3n) is 5.49. The number of unbranched alkanes of at least 4 members (excludes halogenated alkanes) is 7. The van der Waals surface area contributed by atoms with Crippen LogP contribution >= 0.6 is 0 Å². The first-order valence-corrected chi connectivity index (χ1v) is 11.2. The van der Waals surface area contributed by atoms with E-state index in [1.54, 1.807) is 7.11 Å². The molecule has 2 rings (SSSR count). The van der Waals surface area contributed by atoms with Gasteiger partial charge in [0.05, 0.1) is 19.8 Å². The number of ether oxygens (including phenoxy) is 3. The van der Waals surface area contributed by atoms with Crippen molar-refractivity contribution < 1.29 is 19.0 Å². The van der Waals surface area contributed by atoms with Gasteiger partial charge in [0.25, 0.3) is 0 Å². The molecule has 1 aromatic carbocycles. The van der Waals surface area contributed by atoms with E-state index < -0.39 is 0 Å². The number of carbonyl (C=O) groups is 1. The summed E-state index contributed by atoms with van der Waals surface area (Å²) in [5.41, 5.74) is 0.739. The minimum Gasteiger partial charge on any atom is -0.497 e. The molecule has 2 atom stereocenters. The molecule has 0 aromatic heterocycles. The van der Waals surface area contributed by atoms with Crippen LogP contribution in [0.25, 0.3) is 0 Å². The topological polar surface area (TPSA) is 44.8 Å². The first-order valence-electron chi connectivity index (χ1n) is 11.2. The van der Waals surface area contributed by atoms with E-state index in [9.17, 15) is 4.79 Å². The van der Waals surface area contributed by atoms with Gasteiger partial charge in [0.15, 0.2) is 12.1 Å². The minimum absolute atomic E-state index is 0.0880. The molecule has 0 aliphatic carbocycles. The highest BCUT2D eigenvalue weighted by atomic mass is 16.7. The van der Waals surface area contributed by atoms with Gasteiger partial charge >= 0.3 is 0 Å². The number of carbonyl (C=O) groups excluding carboxylic acids is 1. The minimum atomic E-state index is -0.0880. The molecule has 2 unspecified atom stereocenters. The maximum absolute atomic E-state index is 12.4. The number of Topliss-reactive ketones (excluding diaryl/α,β-unsaturated/α-hetero) is 1. The summed E-state index contributed by atoms with van der Waals surface area (Å²) in [4.78, 5) is 12.4. The number of ketones is 1. The summed E-state index contributed by atoms with van der Waals surface area (Å²) >= 11 is 0. The first-order chi connectivity index (χ1) is 13.7. The fraction of sp³-hybridized carbons (Fsp3) is 0.708. The molecule has 0 spiro atoms. The van der Waals surface area contributed by atoms with Crippen LogP contribution in [0.5, 0.6) is 5.75 Å². The zero-order valence-corrected chi connectivity index (χ0v) is 17.8. The molecule has 0 amide bonds. The maximum Gasteiger partial charge on any atom is 0.162 e. The van der Waals surface area contributed by atoms with Gasteiger partial charge in [-0.25, -0.2) is 0 Å². The van der Waals surface area contributed by atoms with Crippen molar-refractivity contribution in [3.05, 3.63) is 29.8 Å². The monoisotopic (exact) mass is 390 g/mol. The van der Waals surface area contributed by atoms with Gasteiger partial charge in [-0.2, -0.15) is 0 Å². The summed E-state index contributed by atoms with van der Waals surface area (Å²) in [6.45, 7) is 3.00. The molecular formula is C24H38O4. The zero-order chi connectivity index (χ0) is 20.0. The van der Waals surface area contributed by atoms with Gasteiger partial charge in [-0.15, -0.1) is 0 Å². The van der Waals surface area contributed by atoms with Gasteiger partial charge in [0.2, 0.25) is 0 Å². The molecule has 1 aliphatic heterocycles. The smallest absolute Gasteiger partial charge is 0.162 e. The lowest BCUT2D eigenvalue weighted by molar-refractivity contribution is -0.216. The molecular weight excluding hydrogens is 352 g/mol. The summed E-state index contributed by atoms with van der Waals surface area (Å²) in [5.74, 6) is 0.936. The van der Waals surface area contributed by atoms with Crippen LogP contribution in [0.2, 0.25) is 0 Å². The largest absolute Gasteiger partial charge is 0.497 e. The Morgan fingerprint density at radius 1 is 1.00 bits per heavy atom. The number of benzene rings is 1. The molecule has 158 valence electrons. The second kappa shape index (κ2) is 13.7. The molecule has 1 aliphatic rings. The number of rotatable bonds is 14. The predicted molar refractivity (Wildman–Crippen MR) is 113 cm³/mol. The summed E-state index contributed by atoms with van der Waals surface area (Å²) < 4.78 is 17.0. The van der Waals surface area contributed by atoms with E-state index in [0.717, 1.165) is 43.6 Å². The average molecular weight is 391 g/mol. The van der Waals surface area contributed by atoms with Crippen molar-refractivity contribution in [2.75, 3.05) is 13.7 Å². The third kappa shape index (κ3) is 8.74. The van der Waals surface area contributed by atoms with Gasteiger partial charge in [0, 0.05) is 12.0 Å². The van der Waals surface area contributed by atoms with Crippen LogP contribution in [0, 0.1) is 0 Å². The average Bonchev–Trinajstić information content (AvgIpc) is 2.74. The van der Waals surface area contributed by atoms with E-state index in [0.29, 0.717) is 6.42 Å². The van der Waals surface area contributed by atoms with Gasteiger partial charge in [-0.05, 0) is 49.9 Å². The van der Waals surface area contributed by atoms with Gasteiger partial charge in [-0.3, -0.25) is 4.79 Å². The summed E-state index contributed by atoms with van der Waals surface area (Å²) in [7, 11) is 1.63. The fourth-order valence-corrected chi connectivity index (χ4v) is 3.67. The van der Waals surface area contributed by atoms with Crippen molar-refractivity contribution in [1.29, 1.82) is 0 Å². The Morgan fingerprint density at radius 2 is 1.68 bits per heavy atom. The molecule has 28 heavy (non-hydrogen) atoms. The summed E-state index contributed by atoms with van der Waals surface area (Å²) in [6, 6.07) is 7.32. The van der Waals surface area contributed by atoms with Crippen LogP contribution in [-0.2, 0) is 9.47 Å². The normalized spacial score (nSPS) is 19.5. The summed E-state index contributed by atoms with van der Waals surface area (Å²) in [6.07, 6.45) is 13.7. The van der Waals surface area contributed by atoms with Crippen LogP contribution < -0.4 is 4.74 Å². The maximum atomic E-state index is 12.4. The molecule has 1 saturated heterocycles. The van der Waals surface area contributed by atoms with Gasteiger partial charge in [0.1, 0.15) is 5.75 Å². The highest BCUT2D eigenvalue weighted by molar-refractivity contribution is 5.96.